The van der Waals surface area contributed by atoms with Crippen molar-refractivity contribution < 1.29 is 32.2 Å². The maximum absolute atomic E-state index is 14.5. The molecule has 0 radical (unpaired) electrons. The normalized spacial score (nSPS) is 13.2. The zero-order valence-corrected chi connectivity index (χ0v) is 20.2. The molecule has 3 aromatic rings. The molecule has 2 N–H and O–H groups in total. The van der Waals surface area contributed by atoms with E-state index in [4.69, 9.17) is 11.6 Å². The number of benzene rings is 2. The number of ether oxygens (including phenoxy) is 1. The van der Waals surface area contributed by atoms with Gasteiger partial charge in [0, 0.05) is 23.3 Å². The topological polar surface area (TPSA) is 115 Å². The third-order valence-electron chi connectivity index (χ3n) is 5.23. The van der Waals surface area contributed by atoms with Gasteiger partial charge in [-0.15, -0.1) is 0 Å². The fraction of sp³-hybridized carbons (Fsp3) is 0.304. The van der Waals surface area contributed by atoms with Gasteiger partial charge in [0.15, 0.2) is 17.7 Å². The fourth-order valence-electron chi connectivity index (χ4n) is 3.11. The molecule has 2 atom stereocenters. The molecule has 0 amide bonds. The van der Waals surface area contributed by atoms with Crippen LogP contribution >= 0.6 is 11.6 Å². The minimum absolute atomic E-state index is 0.0441. The Hall–Kier alpha value is -3.87. The van der Waals surface area contributed by atoms with Crippen LogP contribution in [0.1, 0.15) is 19.4 Å². The number of rotatable bonds is 9. The Bertz CT molecular complexity index is 1410. The molecule has 0 bridgehead atoms. The maximum Gasteiger partial charge on any atom is 0.425 e. The summed E-state index contributed by atoms with van der Waals surface area (Å²) < 4.78 is 59.0. The lowest BCUT2D eigenvalue weighted by Gasteiger charge is -2.19. The molecule has 0 fully saturated rings. The standard InChI is InChI=1S/C23H21ClF4N4O5/c1-12(19(33)34)10-32-21(35)30-20(31(22(32)36)11-14-3-5-15(24)6-4-14)29-16-7-8-18(17(25)9-16)37-13(2)23(26,27)28/h3-9,12-13H,10-11H2,1-2H3,(H,33,34)(H,29,30,35)/t12-,13?/m0/s1. The Morgan fingerprint density at radius 1 is 1.14 bits per heavy atom. The van der Waals surface area contributed by atoms with Crippen LogP contribution in [-0.4, -0.2) is 37.5 Å². The van der Waals surface area contributed by atoms with E-state index in [1.165, 1.54) is 13.0 Å². The van der Waals surface area contributed by atoms with Crippen LogP contribution in [0.5, 0.6) is 5.75 Å². The molecule has 0 aliphatic rings. The highest BCUT2D eigenvalue weighted by atomic mass is 35.5. The molecule has 0 aliphatic carbocycles. The number of carboxylic acid groups (broad SMARTS) is 1. The lowest BCUT2D eigenvalue weighted by Crippen LogP contribution is -2.44. The molecule has 2 aromatic carbocycles. The van der Waals surface area contributed by atoms with E-state index in [0.29, 0.717) is 15.2 Å². The van der Waals surface area contributed by atoms with Crippen LogP contribution in [0.15, 0.2) is 52.1 Å². The van der Waals surface area contributed by atoms with Crippen molar-refractivity contribution in [3.8, 4) is 5.75 Å². The second-order valence-corrected chi connectivity index (χ2v) is 8.57. The van der Waals surface area contributed by atoms with E-state index in [0.717, 1.165) is 23.6 Å². The number of halogens is 5. The smallest absolute Gasteiger partial charge is 0.425 e. The summed E-state index contributed by atoms with van der Waals surface area (Å²) in [6, 6.07) is 9.32. The number of hydrogen-bond donors (Lipinski definition) is 2. The molecule has 198 valence electrons. The van der Waals surface area contributed by atoms with Crippen molar-refractivity contribution in [2.45, 2.75) is 39.2 Å². The predicted molar refractivity (Wildman–Crippen MR) is 126 cm³/mol. The molecule has 1 aromatic heterocycles. The lowest BCUT2D eigenvalue weighted by molar-refractivity contribution is -0.189. The number of carbonyl (C=O) groups is 1. The number of carboxylic acids is 1. The first kappa shape index (κ1) is 27.7. The minimum atomic E-state index is -4.70. The van der Waals surface area contributed by atoms with Gasteiger partial charge >= 0.3 is 23.5 Å². The second kappa shape index (κ2) is 11.0. The maximum atomic E-state index is 14.5. The van der Waals surface area contributed by atoms with E-state index in [1.54, 1.807) is 24.3 Å². The van der Waals surface area contributed by atoms with Gasteiger partial charge in [0.1, 0.15) is 0 Å². The number of aliphatic carboxylic acids is 1. The van der Waals surface area contributed by atoms with Crippen LogP contribution in [0.3, 0.4) is 0 Å². The number of anilines is 2. The summed E-state index contributed by atoms with van der Waals surface area (Å²) in [5.74, 6) is -4.39. The van der Waals surface area contributed by atoms with E-state index in [-0.39, 0.29) is 18.2 Å². The Balaban J connectivity index is 2.01. The minimum Gasteiger partial charge on any atom is -0.481 e. The first-order chi connectivity index (χ1) is 17.3. The highest BCUT2D eigenvalue weighted by molar-refractivity contribution is 6.30. The van der Waals surface area contributed by atoms with Gasteiger partial charge < -0.3 is 15.2 Å². The molecule has 0 aliphatic heterocycles. The van der Waals surface area contributed by atoms with Crippen LogP contribution in [0.25, 0.3) is 0 Å². The van der Waals surface area contributed by atoms with Gasteiger partial charge in [-0.2, -0.15) is 18.2 Å². The lowest BCUT2D eigenvalue weighted by atomic mass is 10.2. The van der Waals surface area contributed by atoms with Crippen molar-refractivity contribution in [2.75, 3.05) is 5.32 Å². The summed E-state index contributed by atoms with van der Waals surface area (Å²) in [7, 11) is 0. The first-order valence-electron chi connectivity index (χ1n) is 10.7. The zero-order chi connectivity index (χ0) is 27.5. The Kier molecular flexibility index (Phi) is 8.26. The van der Waals surface area contributed by atoms with Gasteiger partial charge in [-0.1, -0.05) is 30.7 Å². The summed E-state index contributed by atoms with van der Waals surface area (Å²) in [6.45, 7) is 1.47. The van der Waals surface area contributed by atoms with Crippen LogP contribution in [0.2, 0.25) is 5.02 Å². The number of nitrogens with zero attached hydrogens (tertiary/aromatic N) is 3. The van der Waals surface area contributed by atoms with Gasteiger partial charge in [0.25, 0.3) is 0 Å². The predicted octanol–water partition coefficient (Wildman–Crippen LogP) is 4.04. The van der Waals surface area contributed by atoms with Gasteiger partial charge in [0.05, 0.1) is 12.5 Å². The average molecular weight is 545 g/mol. The molecule has 0 spiro atoms. The summed E-state index contributed by atoms with van der Waals surface area (Å²) in [6.07, 6.45) is -6.96. The molecule has 9 nitrogen and oxygen atoms in total. The van der Waals surface area contributed by atoms with Crippen molar-refractivity contribution >= 4 is 29.2 Å². The van der Waals surface area contributed by atoms with Crippen molar-refractivity contribution in [1.29, 1.82) is 0 Å². The monoisotopic (exact) mass is 544 g/mol. The van der Waals surface area contributed by atoms with Gasteiger partial charge in [-0.3, -0.25) is 9.36 Å². The molecular formula is C23H21ClF4N4O5. The zero-order valence-electron chi connectivity index (χ0n) is 19.4. The highest BCUT2D eigenvalue weighted by Crippen LogP contribution is 2.28. The number of alkyl halides is 3. The third-order valence-corrected chi connectivity index (χ3v) is 5.49. The molecule has 37 heavy (non-hydrogen) atoms. The van der Waals surface area contributed by atoms with Crippen molar-refractivity contribution in [3.05, 3.63) is 79.8 Å². The van der Waals surface area contributed by atoms with Gasteiger partial charge in [0.2, 0.25) is 5.95 Å². The highest BCUT2D eigenvalue weighted by Gasteiger charge is 2.38. The number of nitrogens with one attached hydrogen (secondary N) is 1. The third kappa shape index (κ3) is 6.88. The fourth-order valence-corrected chi connectivity index (χ4v) is 3.23. The summed E-state index contributed by atoms with van der Waals surface area (Å²) in [4.78, 5) is 40.8. The molecule has 0 saturated carbocycles. The van der Waals surface area contributed by atoms with Crippen molar-refractivity contribution in [1.82, 2.24) is 14.1 Å². The molecule has 1 heterocycles. The summed E-state index contributed by atoms with van der Waals surface area (Å²) in [5.41, 5.74) is -1.40. The number of hydrogen-bond acceptors (Lipinski definition) is 6. The largest absolute Gasteiger partial charge is 0.481 e. The van der Waals surface area contributed by atoms with Crippen molar-refractivity contribution in [3.63, 3.8) is 0 Å². The average Bonchev–Trinajstić information content (AvgIpc) is 2.81. The van der Waals surface area contributed by atoms with E-state index in [2.05, 4.69) is 15.0 Å². The second-order valence-electron chi connectivity index (χ2n) is 8.13. The molecule has 0 saturated heterocycles. The Morgan fingerprint density at radius 3 is 2.35 bits per heavy atom. The molecule has 1 unspecified atom stereocenters. The van der Waals surface area contributed by atoms with Gasteiger partial charge in [-0.25, -0.2) is 18.5 Å². The van der Waals surface area contributed by atoms with E-state index in [9.17, 15) is 37.1 Å². The van der Waals surface area contributed by atoms with Crippen molar-refractivity contribution in [2.24, 2.45) is 5.92 Å². The van der Waals surface area contributed by atoms with Crippen LogP contribution in [0.4, 0.5) is 29.2 Å². The van der Waals surface area contributed by atoms with E-state index in [1.807, 2.05) is 0 Å². The Morgan fingerprint density at radius 2 is 1.78 bits per heavy atom. The first-order valence-corrected chi connectivity index (χ1v) is 11.1. The van der Waals surface area contributed by atoms with Crippen LogP contribution in [0, 0.1) is 11.7 Å². The molecule has 14 heteroatoms. The molecule has 3 rings (SSSR count). The summed E-state index contributed by atoms with van der Waals surface area (Å²) >= 11 is 5.90. The SMILES string of the molecule is CC(Oc1ccc(Nc2nc(=O)n(C[C@H](C)C(=O)O)c(=O)n2Cc2ccc(Cl)cc2)cc1F)C(F)(F)F. The molecular weight excluding hydrogens is 524 g/mol. The van der Waals surface area contributed by atoms with E-state index >= 15 is 0 Å². The summed E-state index contributed by atoms with van der Waals surface area (Å²) in [5, 5.41) is 12.2. The van der Waals surface area contributed by atoms with E-state index < -0.39 is 53.7 Å². The van der Waals surface area contributed by atoms with Crippen LogP contribution < -0.4 is 21.4 Å². The number of aromatic nitrogens is 3. The van der Waals surface area contributed by atoms with Crippen LogP contribution in [-0.2, 0) is 17.9 Å². The van der Waals surface area contributed by atoms with Gasteiger partial charge in [-0.05, 0) is 36.8 Å². The Labute approximate surface area is 211 Å². The quantitative estimate of drug-likeness (QED) is 0.391.